The van der Waals surface area contributed by atoms with Gasteiger partial charge in [-0.25, -0.2) is 0 Å². The van der Waals surface area contributed by atoms with Crippen LogP contribution < -0.4 is 10.5 Å². The molecule has 0 spiro atoms. The van der Waals surface area contributed by atoms with E-state index in [0.29, 0.717) is 13.0 Å². The van der Waals surface area contributed by atoms with Crippen molar-refractivity contribution in [3.8, 4) is 17.1 Å². The molecule has 0 aliphatic carbocycles. The summed E-state index contributed by atoms with van der Waals surface area (Å²) in [5, 5.41) is 11.4. The van der Waals surface area contributed by atoms with Crippen LogP contribution in [-0.2, 0) is 12.4 Å². The lowest BCUT2D eigenvalue weighted by Crippen LogP contribution is -2.35. The Balaban J connectivity index is 1.50. The topological polar surface area (TPSA) is 101 Å². The molecule has 0 saturated carbocycles. The monoisotopic (exact) mass is 525 g/mol. The summed E-state index contributed by atoms with van der Waals surface area (Å²) in [6.07, 6.45) is -5.28. The number of benzene rings is 2. The molecule has 0 radical (unpaired) electrons. The largest absolute Gasteiger partial charge is 0.489 e. The Morgan fingerprint density at radius 2 is 1.92 bits per heavy atom. The summed E-state index contributed by atoms with van der Waals surface area (Å²) in [7, 11) is 0. The number of guanidine groups is 1. The van der Waals surface area contributed by atoms with Gasteiger partial charge in [0.15, 0.2) is 5.96 Å². The smallest absolute Gasteiger partial charge is 0.419 e. The quantitative estimate of drug-likeness (QED) is 0.236. The molecular weight excluding hydrogens is 504 g/mol. The third-order valence-corrected chi connectivity index (χ3v) is 5.69. The fraction of sp³-hybridized carbons (Fsp3) is 0.292. The van der Waals surface area contributed by atoms with Crippen LogP contribution in [0.1, 0.15) is 41.5 Å². The molecule has 13 heteroatoms. The Morgan fingerprint density at radius 1 is 1.14 bits per heavy atom. The van der Waals surface area contributed by atoms with E-state index in [0.717, 1.165) is 30.7 Å². The van der Waals surface area contributed by atoms with E-state index < -0.39 is 35.3 Å². The molecule has 1 aromatic heterocycles. The highest BCUT2D eigenvalue weighted by atomic mass is 19.4. The number of nitrogens with one attached hydrogen (secondary N) is 1. The molecule has 7 nitrogen and oxygen atoms in total. The van der Waals surface area contributed by atoms with Gasteiger partial charge >= 0.3 is 12.4 Å². The Kier molecular flexibility index (Phi) is 7.14. The van der Waals surface area contributed by atoms with Gasteiger partial charge in [0.2, 0.25) is 11.7 Å². The molecule has 4 rings (SSSR count). The van der Waals surface area contributed by atoms with E-state index in [-0.39, 0.29) is 35.4 Å². The summed E-state index contributed by atoms with van der Waals surface area (Å²) in [5.74, 6) is -0.541. The van der Waals surface area contributed by atoms with Gasteiger partial charge in [-0.3, -0.25) is 5.41 Å². The summed E-state index contributed by atoms with van der Waals surface area (Å²) in [5.41, 5.74) is 3.92. The van der Waals surface area contributed by atoms with Crippen LogP contribution in [0.25, 0.3) is 17.5 Å². The van der Waals surface area contributed by atoms with Crippen molar-refractivity contribution in [3.63, 3.8) is 0 Å². The fourth-order valence-corrected chi connectivity index (χ4v) is 3.96. The highest BCUT2D eigenvalue weighted by molar-refractivity contribution is 5.75. The molecule has 0 unspecified atom stereocenters. The first-order chi connectivity index (χ1) is 17.4. The number of hydrogen-bond acceptors (Lipinski definition) is 5. The van der Waals surface area contributed by atoms with E-state index in [1.54, 1.807) is 4.90 Å². The van der Waals surface area contributed by atoms with Crippen LogP contribution in [-0.4, -0.2) is 34.2 Å². The lowest BCUT2D eigenvalue weighted by molar-refractivity contribution is -0.139. The predicted molar refractivity (Wildman–Crippen MR) is 121 cm³/mol. The molecule has 37 heavy (non-hydrogen) atoms. The van der Waals surface area contributed by atoms with Crippen LogP contribution in [0.2, 0.25) is 0 Å². The molecule has 3 aromatic rings. The van der Waals surface area contributed by atoms with Gasteiger partial charge in [-0.1, -0.05) is 23.4 Å². The van der Waals surface area contributed by atoms with Crippen molar-refractivity contribution in [2.45, 2.75) is 31.2 Å². The highest BCUT2D eigenvalue weighted by Gasteiger charge is 2.36. The molecule has 0 bridgehead atoms. The van der Waals surface area contributed by atoms with Gasteiger partial charge < -0.3 is 19.9 Å². The average molecular weight is 525 g/mol. The number of ether oxygens (including phenoxy) is 1. The summed E-state index contributed by atoms with van der Waals surface area (Å²) in [6, 6.07) is 7.37. The van der Waals surface area contributed by atoms with Crippen LogP contribution in [0.5, 0.6) is 5.75 Å². The number of rotatable bonds is 6. The maximum Gasteiger partial charge on any atom is 0.419 e. The number of aromatic nitrogens is 2. The molecule has 1 atom stereocenters. The van der Waals surface area contributed by atoms with E-state index in [2.05, 4.69) is 10.1 Å². The lowest BCUT2D eigenvalue weighted by atomic mass is 10.1. The molecule has 0 amide bonds. The molecule has 2 heterocycles. The minimum absolute atomic E-state index is 0.0431. The first-order valence-electron chi connectivity index (χ1n) is 11.1. The van der Waals surface area contributed by atoms with Crippen molar-refractivity contribution in [3.05, 3.63) is 71.1 Å². The maximum atomic E-state index is 13.8. The van der Waals surface area contributed by atoms with Crippen molar-refractivity contribution < 1.29 is 35.6 Å². The van der Waals surface area contributed by atoms with Gasteiger partial charge in [0.05, 0.1) is 11.1 Å². The Bertz CT molecular complexity index is 1300. The third kappa shape index (κ3) is 6.04. The van der Waals surface area contributed by atoms with Crippen molar-refractivity contribution in [2.24, 2.45) is 5.73 Å². The van der Waals surface area contributed by atoms with Crippen LogP contribution in [0, 0.1) is 5.41 Å². The molecular formula is C24H21F6N5O2. The van der Waals surface area contributed by atoms with Crippen LogP contribution in [0.4, 0.5) is 26.3 Å². The van der Waals surface area contributed by atoms with Gasteiger partial charge in [0, 0.05) is 12.1 Å². The Hall–Kier alpha value is -4.03. The van der Waals surface area contributed by atoms with Crippen molar-refractivity contribution in [1.82, 2.24) is 15.0 Å². The first-order valence-corrected chi connectivity index (χ1v) is 11.1. The van der Waals surface area contributed by atoms with Gasteiger partial charge in [0.25, 0.3) is 0 Å². The van der Waals surface area contributed by atoms with Gasteiger partial charge in [0.1, 0.15) is 18.4 Å². The predicted octanol–water partition coefficient (Wildman–Crippen LogP) is 5.90. The fourth-order valence-electron chi connectivity index (χ4n) is 3.96. The number of hydrogen-bond donors (Lipinski definition) is 2. The first kappa shape index (κ1) is 26.0. The lowest BCUT2D eigenvalue weighted by Gasteiger charge is -2.21. The molecule has 1 fully saturated rings. The van der Waals surface area contributed by atoms with Crippen LogP contribution in [0.3, 0.4) is 0 Å². The third-order valence-electron chi connectivity index (χ3n) is 5.69. The van der Waals surface area contributed by atoms with Crippen LogP contribution >= 0.6 is 0 Å². The maximum absolute atomic E-state index is 13.8. The number of nitrogens with two attached hydrogens (primary N) is 1. The average Bonchev–Trinajstić information content (AvgIpc) is 3.51. The van der Waals surface area contributed by atoms with E-state index in [1.807, 2.05) is 0 Å². The zero-order chi connectivity index (χ0) is 26.8. The van der Waals surface area contributed by atoms with Crippen molar-refractivity contribution >= 4 is 12.0 Å². The standard InChI is InChI=1S/C24H21F6N5O2/c25-23(26,27)16-6-1-4-14(12-16)5-3-11-36-19-9-8-15(13-17(19)24(28,29)30)20-33-21(37-34-20)18-7-2-10-35(18)22(31)32/h1,3-6,8-9,12-13,18H,2,7,10-11H2,(H3,31,32)/b5-3+/t18-/m0/s1. The number of likely N-dealkylation sites (tertiary alicyclic amines) is 1. The molecule has 1 aliphatic rings. The summed E-state index contributed by atoms with van der Waals surface area (Å²) in [6.45, 7) is 0.220. The molecule has 1 aliphatic heterocycles. The Morgan fingerprint density at radius 3 is 2.62 bits per heavy atom. The van der Waals surface area contributed by atoms with E-state index in [9.17, 15) is 26.3 Å². The molecule has 3 N–H and O–H groups in total. The van der Waals surface area contributed by atoms with Gasteiger partial charge in [-0.05, 0) is 54.8 Å². The van der Waals surface area contributed by atoms with Crippen molar-refractivity contribution in [2.75, 3.05) is 13.2 Å². The minimum Gasteiger partial charge on any atom is -0.489 e. The zero-order valence-corrected chi connectivity index (χ0v) is 19.1. The van der Waals surface area contributed by atoms with E-state index in [1.165, 1.54) is 30.4 Å². The minimum atomic E-state index is -4.76. The molecule has 1 saturated heterocycles. The van der Waals surface area contributed by atoms with E-state index in [4.69, 9.17) is 20.4 Å². The second kappa shape index (κ2) is 10.1. The normalized spacial score (nSPS) is 16.5. The van der Waals surface area contributed by atoms with Crippen molar-refractivity contribution in [1.29, 1.82) is 5.41 Å². The highest BCUT2D eigenvalue weighted by Crippen LogP contribution is 2.39. The van der Waals surface area contributed by atoms with Crippen LogP contribution in [0.15, 0.2) is 53.1 Å². The number of alkyl halides is 6. The second-order valence-electron chi connectivity index (χ2n) is 8.24. The summed E-state index contributed by atoms with van der Waals surface area (Å²) >= 11 is 0. The summed E-state index contributed by atoms with van der Waals surface area (Å²) in [4.78, 5) is 5.78. The molecule has 2 aromatic carbocycles. The second-order valence-corrected chi connectivity index (χ2v) is 8.24. The van der Waals surface area contributed by atoms with Gasteiger partial charge in [-0.15, -0.1) is 0 Å². The molecule has 196 valence electrons. The number of nitrogens with zero attached hydrogens (tertiary/aromatic N) is 3. The number of halogens is 6. The SMILES string of the molecule is N=C(N)N1CCC[C@H]1c1nc(-c2ccc(OC/C=C/c3cccc(C(F)(F)F)c3)c(C(F)(F)F)c2)no1. The zero-order valence-electron chi connectivity index (χ0n) is 19.1. The summed E-state index contributed by atoms with van der Waals surface area (Å²) < 4.78 is 90.3. The van der Waals surface area contributed by atoms with Gasteiger partial charge in [-0.2, -0.15) is 31.3 Å². The van der Waals surface area contributed by atoms with E-state index >= 15 is 0 Å². The Labute approximate surface area is 207 Å².